The normalized spacial score (nSPS) is 21.5. The smallest absolute Gasteiger partial charge is 0.310 e. The molecule has 1 aromatic rings. The number of nitrogens with one attached hydrogen (secondary N) is 1. The van der Waals surface area contributed by atoms with Gasteiger partial charge in [0.1, 0.15) is 5.75 Å². The molecule has 2 saturated heterocycles. The van der Waals surface area contributed by atoms with Gasteiger partial charge < -0.3 is 24.6 Å². The molecule has 1 aromatic carbocycles. The van der Waals surface area contributed by atoms with Gasteiger partial charge in [-0.25, -0.2) is 0 Å². The SMILES string of the molecule is CCNC(=NCC1CCN(c2cccc(OC)c2)C1)N1CCCC(C(=O)OCC)C1.I. The molecule has 2 fully saturated rings. The molecular weight excluding hydrogens is 507 g/mol. The number of halogens is 1. The molecule has 8 heteroatoms. The van der Waals surface area contributed by atoms with Gasteiger partial charge in [0.25, 0.3) is 0 Å². The van der Waals surface area contributed by atoms with E-state index >= 15 is 0 Å². The number of ether oxygens (including phenoxy) is 2. The van der Waals surface area contributed by atoms with Crippen LogP contribution in [0.25, 0.3) is 0 Å². The Labute approximate surface area is 203 Å². The number of methoxy groups -OCH3 is 1. The molecule has 0 bridgehead atoms. The standard InChI is InChI=1S/C23H36N4O3.HI/c1-4-24-23(27-12-7-8-19(17-27)22(28)30-5-2)25-15-18-11-13-26(16-18)20-9-6-10-21(14-20)29-3;/h6,9-10,14,18-19H,4-5,7-8,11-13,15-17H2,1-3H3,(H,24,25);1H. The van der Waals surface area contributed by atoms with E-state index in [-0.39, 0.29) is 35.9 Å². The van der Waals surface area contributed by atoms with Crippen molar-refractivity contribution in [3.05, 3.63) is 24.3 Å². The minimum atomic E-state index is -0.0808. The van der Waals surface area contributed by atoms with Gasteiger partial charge in [-0.2, -0.15) is 0 Å². The molecule has 31 heavy (non-hydrogen) atoms. The van der Waals surface area contributed by atoms with E-state index in [1.165, 1.54) is 5.69 Å². The second-order valence-corrected chi connectivity index (χ2v) is 8.03. The summed E-state index contributed by atoms with van der Waals surface area (Å²) in [6.07, 6.45) is 3.01. The van der Waals surface area contributed by atoms with E-state index in [0.29, 0.717) is 19.1 Å². The average Bonchev–Trinajstić information content (AvgIpc) is 3.26. The van der Waals surface area contributed by atoms with Crippen LogP contribution in [0.2, 0.25) is 0 Å². The molecule has 0 amide bonds. The van der Waals surface area contributed by atoms with Crippen molar-refractivity contribution in [2.75, 3.05) is 57.9 Å². The van der Waals surface area contributed by atoms with E-state index in [4.69, 9.17) is 14.5 Å². The zero-order valence-electron chi connectivity index (χ0n) is 19.0. The Hall–Kier alpha value is -1.71. The van der Waals surface area contributed by atoms with Gasteiger partial charge in [0.15, 0.2) is 5.96 Å². The third kappa shape index (κ3) is 7.15. The zero-order valence-corrected chi connectivity index (χ0v) is 21.3. The van der Waals surface area contributed by atoms with Crippen LogP contribution in [0.3, 0.4) is 0 Å². The topological polar surface area (TPSA) is 66.4 Å². The molecule has 0 aromatic heterocycles. The fourth-order valence-corrected chi connectivity index (χ4v) is 4.29. The summed E-state index contributed by atoms with van der Waals surface area (Å²) < 4.78 is 10.6. The molecule has 2 unspecified atom stereocenters. The molecule has 2 aliphatic rings. The Balaban J connectivity index is 0.00000341. The highest BCUT2D eigenvalue weighted by molar-refractivity contribution is 14.0. The molecule has 2 heterocycles. The van der Waals surface area contributed by atoms with Gasteiger partial charge in [-0.05, 0) is 51.2 Å². The van der Waals surface area contributed by atoms with Crippen molar-refractivity contribution in [2.45, 2.75) is 33.1 Å². The van der Waals surface area contributed by atoms with Crippen molar-refractivity contribution in [3.63, 3.8) is 0 Å². The Morgan fingerprint density at radius 2 is 2.06 bits per heavy atom. The summed E-state index contributed by atoms with van der Waals surface area (Å²) in [6, 6.07) is 8.26. The van der Waals surface area contributed by atoms with Crippen molar-refractivity contribution in [1.82, 2.24) is 10.2 Å². The van der Waals surface area contributed by atoms with E-state index in [0.717, 1.165) is 63.7 Å². The summed E-state index contributed by atoms with van der Waals surface area (Å²) in [4.78, 5) is 21.8. The Morgan fingerprint density at radius 3 is 2.81 bits per heavy atom. The highest BCUT2D eigenvalue weighted by Gasteiger charge is 2.29. The van der Waals surface area contributed by atoms with Crippen LogP contribution in [-0.4, -0.2) is 69.8 Å². The molecular formula is C23H37IN4O3. The molecule has 0 radical (unpaired) electrons. The van der Waals surface area contributed by atoms with Gasteiger partial charge in [0, 0.05) is 51.0 Å². The highest BCUT2D eigenvalue weighted by Crippen LogP contribution is 2.27. The first kappa shape index (κ1) is 25.5. The quantitative estimate of drug-likeness (QED) is 0.246. The summed E-state index contributed by atoms with van der Waals surface area (Å²) in [7, 11) is 1.70. The van der Waals surface area contributed by atoms with Gasteiger partial charge in [-0.3, -0.25) is 9.79 Å². The van der Waals surface area contributed by atoms with Crippen LogP contribution < -0.4 is 15.0 Å². The first-order valence-corrected chi connectivity index (χ1v) is 11.2. The Morgan fingerprint density at radius 1 is 1.23 bits per heavy atom. The lowest BCUT2D eigenvalue weighted by atomic mass is 9.98. The van der Waals surface area contributed by atoms with E-state index in [1.54, 1.807) is 7.11 Å². The molecule has 2 aliphatic heterocycles. The molecule has 2 atom stereocenters. The maximum Gasteiger partial charge on any atom is 0.310 e. The second kappa shape index (κ2) is 13.0. The summed E-state index contributed by atoms with van der Waals surface area (Å²) in [5.74, 6) is 2.20. The van der Waals surface area contributed by atoms with Gasteiger partial charge in [0.2, 0.25) is 0 Å². The van der Waals surface area contributed by atoms with E-state index in [1.807, 2.05) is 19.1 Å². The van der Waals surface area contributed by atoms with Crippen molar-refractivity contribution in [2.24, 2.45) is 16.8 Å². The van der Waals surface area contributed by atoms with Crippen LogP contribution in [0, 0.1) is 11.8 Å². The number of guanidine groups is 1. The maximum atomic E-state index is 12.2. The fourth-order valence-electron chi connectivity index (χ4n) is 4.29. The molecule has 0 aliphatic carbocycles. The van der Waals surface area contributed by atoms with Crippen LogP contribution in [0.4, 0.5) is 5.69 Å². The number of esters is 1. The molecule has 0 saturated carbocycles. The summed E-state index contributed by atoms with van der Waals surface area (Å²) in [5.41, 5.74) is 1.21. The molecule has 7 nitrogen and oxygen atoms in total. The van der Waals surface area contributed by atoms with Gasteiger partial charge >= 0.3 is 5.97 Å². The average molecular weight is 544 g/mol. The first-order chi connectivity index (χ1) is 14.6. The van der Waals surface area contributed by atoms with E-state index in [2.05, 4.69) is 34.2 Å². The highest BCUT2D eigenvalue weighted by atomic mass is 127. The predicted octanol–water partition coefficient (Wildman–Crippen LogP) is 3.38. The lowest BCUT2D eigenvalue weighted by Gasteiger charge is -2.34. The molecule has 1 N–H and O–H groups in total. The minimum absolute atomic E-state index is 0. The molecule has 0 spiro atoms. The van der Waals surface area contributed by atoms with Crippen LogP contribution in [0.5, 0.6) is 5.75 Å². The number of nitrogens with zero attached hydrogens (tertiary/aromatic N) is 3. The largest absolute Gasteiger partial charge is 0.497 e. The summed E-state index contributed by atoms with van der Waals surface area (Å²) in [6.45, 7) is 9.66. The van der Waals surface area contributed by atoms with Gasteiger partial charge in [0.05, 0.1) is 19.6 Å². The number of hydrogen-bond acceptors (Lipinski definition) is 5. The molecule has 174 valence electrons. The van der Waals surface area contributed by atoms with Gasteiger partial charge in [-0.15, -0.1) is 24.0 Å². The number of piperidine rings is 1. The fraction of sp³-hybridized carbons (Fsp3) is 0.652. The van der Waals surface area contributed by atoms with Crippen LogP contribution >= 0.6 is 24.0 Å². The minimum Gasteiger partial charge on any atom is -0.497 e. The predicted molar refractivity (Wildman–Crippen MR) is 136 cm³/mol. The lowest BCUT2D eigenvalue weighted by Crippen LogP contribution is -2.48. The van der Waals surface area contributed by atoms with Crippen molar-refractivity contribution >= 4 is 41.6 Å². The summed E-state index contributed by atoms with van der Waals surface area (Å²) >= 11 is 0. The number of rotatable bonds is 7. The number of aliphatic imine (C=N–C) groups is 1. The van der Waals surface area contributed by atoms with Crippen LogP contribution in [0.15, 0.2) is 29.3 Å². The number of anilines is 1. The number of carbonyl (C=O) groups is 1. The summed E-state index contributed by atoms with van der Waals surface area (Å²) in [5, 5.41) is 3.42. The van der Waals surface area contributed by atoms with Crippen molar-refractivity contribution in [3.8, 4) is 5.75 Å². The third-order valence-corrected chi connectivity index (χ3v) is 5.88. The van der Waals surface area contributed by atoms with Crippen molar-refractivity contribution in [1.29, 1.82) is 0 Å². The lowest BCUT2D eigenvalue weighted by molar-refractivity contribution is -0.149. The number of carbonyl (C=O) groups excluding carboxylic acids is 1. The third-order valence-electron chi connectivity index (χ3n) is 5.88. The van der Waals surface area contributed by atoms with Crippen LogP contribution in [-0.2, 0) is 9.53 Å². The second-order valence-electron chi connectivity index (χ2n) is 8.03. The Kier molecular flexibility index (Phi) is 10.7. The first-order valence-electron chi connectivity index (χ1n) is 11.2. The van der Waals surface area contributed by atoms with Crippen molar-refractivity contribution < 1.29 is 14.3 Å². The van der Waals surface area contributed by atoms with Gasteiger partial charge in [-0.1, -0.05) is 6.07 Å². The maximum absolute atomic E-state index is 12.2. The Bertz CT molecular complexity index is 731. The number of likely N-dealkylation sites (tertiary alicyclic amines) is 1. The zero-order chi connectivity index (χ0) is 21.3. The number of benzene rings is 1. The molecule has 3 rings (SSSR count). The monoisotopic (exact) mass is 544 g/mol. The van der Waals surface area contributed by atoms with Crippen LogP contribution in [0.1, 0.15) is 33.1 Å². The van der Waals surface area contributed by atoms with E-state index in [9.17, 15) is 4.79 Å². The van der Waals surface area contributed by atoms with E-state index < -0.39 is 0 Å². The number of hydrogen-bond donors (Lipinski definition) is 1.